The van der Waals surface area contributed by atoms with Gasteiger partial charge in [0, 0.05) is 13.0 Å². The summed E-state index contributed by atoms with van der Waals surface area (Å²) in [5.74, 6) is 0.192. The highest BCUT2D eigenvalue weighted by Gasteiger charge is 1.98. The van der Waals surface area contributed by atoms with Gasteiger partial charge in [0.2, 0.25) is 5.91 Å². The van der Waals surface area contributed by atoms with Crippen molar-refractivity contribution in [3.8, 4) is 0 Å². The first-order valence-corrected chi connectivity index (χ1v) is 4.87. The number of hydrogen-bond donors (Lipinski definition) is 1. The maximum Gasteiger partial charge on any atom is 0.219 e. The molecule has 0 saturated heterocycles. The third-order valence-electron chi connectivity index (χ3n) is 1.76. The Bertz CT molecular complexity index is 100. The van der Waals surface area contributed by atoms with E-state index in [1.54, 1.807) is 0 Å². The van der Waals surface area contributed by atoms with E-state index >= 15 is 0 Å². The van der Waals surface area contributed by atoms with E-state index in [1.807, 2.05) is 0 Å². The number of nitrogens with one attached hydrogen (secondary N) is 1. The summed E-state index contributed by atoms with van der Waals surface area (Å²) < 4.78 is 0. The van der Waals surface area contributed by atoms with Gasteiger partial charge < -0.3 is 5.32 Å². The van der Waals surface area contributed by atoms with Crippen LogP contribution in [0.15, 0.2) is 0 Å². The molecule has 12 heavy (non-hydrogen) atoms. The summed E-state index contributed by atoms with van der Waals surface area (Å²) in [5.41, 5.74) is 0. The normalized spacial score (nSPS) is 9.83. The molecule has 0 saturated carbocycles. The predicted octanol–water partition coefficient (Wildman–Crippen LogP) is 2.30. The van der Waals surface area contributed by atoms with Gasteiger partial charge in [0.15, 0.2) is 0 Å². The van der Waals surface area contributed by atoms with Crippen LogP contribution in [0.25, 0.3) is 0 Å². The minimum Gasteiger partial charge on any atom is -0.356 e. The number of carbonyl (C=O) groups excluding carboxylic acids is 1. The van der Waals surface area contributed by atoms with E-state index in [-0.39, 0.29) is 5.91 Å². The smallest absolute Gasteiger partial charge is 0.219 e. The highest BCUT2D eigenvalue weighted by Crippen LogP contribution is 1.98. The summed E-state index contributed by atoms with van der Waals surface area (Å²) in [6, 6.07) is 0. The summed E-state index contributed by atoms with van der Waals surface area (Å²) in [6.07, 6.45) is 5.92. The standard InChI is InChI=1S/C10H20NO/c1-3-5-7-8-10(12)11-9-6-4-2/h2-9H2,1H3,(H,11,12). The highest BCUT2D eigenvalue weighted by molar-refractivity contribution is 5.75. The molecule has 71 valence electrons. The van der Waals surface area contributed by atoms with E-state index < -0.39 is 0 Å². The van der Waals surface area contributed by atoms with E-state index in [9.17, 15) is 4.79 Å². The second-order valence-electron chi connectivity index (χ2n) is 3.01. The molecule has 0 bridgehead atoms. The number of hydrogen-bond acceptors (Lipinski definition) is 1. The van der Waals surface area contributed by atoms with Crippen molar-refractivity contribution in [2.24, 2.45) is 0 Å². The van der Waals surface area contributed by atoms with Gasteiger partial charge in [0.05, 0.1) is 0 Å². The van der Waals surface area contributed by atoms with Gasteiger partial charge in [-0.3, -0.25) is 4.79 Å². The molecule has 0 aromatic rings. The molecule has 0 aliphatic carbocycles. The fraction of sp³-hybridized carbons (Fsp3) is 0.800. The van der Waals surface area contributed by atoms with Crippen molar-refractivity contribution in [2.45, 2.75) is 45.4 Å². The Balaban J connectivity index is 3.10. The first-order chi connectivity index (χ1) is 5.81. The Morgan fingerprint density at radius 2 is 2.08 bits per heavy atom. The molecule has 0 aliphatic rings. The van der Waals surface area contributed by atoms with Crippen LogP contribution in [0, 0.1) is 6.92 Å². The maximum atomic E-state index is 11.1. The molecule has 0 aromatic carbocycles. The molecule has 1 amide bonds. The number of carbonyl (C=O) groups is 1. The predicted molar refractivity (Wildman–Crippen MR) is 51.7 cm³/mol. The molecule has 2 heteroatoms. The monoisotopic (exact) mass is 170 g/mol. The summed E-state index contributed by atoms with van der Waals surface area (Å²) in [6.45, 7) is 6.63. The third kappa shape index (κ3) is 7.58. The van der Waals surface area contributed by atoms with Gasteiger partial charge in [0.1, 0.15) is 0 Å². The van der Waals surface area contributed by atoms with E-state index in [0.29, 0.717) is 6.42 Å². The average Bonchev–Trinajstić information content (AvgIpc) is 2.06. The van der Waals surface area contributed by atoms with E-state index in [1.165, 1.54) is 6.42 Å². The first kappa shape index (κ1) is 11.5. The molecule has 0 aliphatic heterocycles. The minimum atomic E-state index is 0.192. The zero-order valence-electron chi connectivity index (χ0n) is 8.07. The zero-order chi connectivity index (χ0) is 9.23. The highest BCUT2D eigenvalue weighted by atomic mass is 16.1. The SMILES string of the molecule is [CH2]CCCNC(=O)CCCCC. The Morgan fingerprint density at radius 3 is 2.67 bits per heavy atom. The van der Waals surface area contributed by atoms with Gasteiger partial charge in [-0.1, -0.05) is 33.1 Å². The van der Waals surface area contributed by atoms with Crippen LogP contribution in [-0.4, -0.2) is 12.5 Å². The van der Waals surface area contributed by atoms with Crippen molar-refractivity contribution in [1.82, 2.24) is 5.32 Å². The summed E-state index contributed by atoms with van der Waals surface area (Å²) in [5, 5.41) is 2.86. The Morgan fingerprint density at radius 1 is 1.33 bits per heavy atom. The van der Waals surface area contributed by atoms with Crippen LogP contribution in [-0.2, 0) is 4.79 Å². The van der Waals surface area contributed by atoms with Gasteiger partial charge in [-0.2, -0.15) is 0 Å². The molecule has 0 atom stereocenters. The van der Waals surface area contributed by atoms with Crippen molar-refractivity contribution in [3.63, 3.8) is 0 Å². The van der Waals surface area contributed by atoms with Crippen LogP contribution in [0.3, 0.4) is 0 Å². The van der Waals surface area contributed by atoms with Gasteiger partial charge >= 0.3 is 0 Å². The minimum absolute atomic E-state index is 0.192. The van der Waals surface area contributed by atoms with E-state index in [2.05, 4.69) is 19.2 Å². The molecule has 0 rings (SSSR count). The van der Waals surface area contributed by atoms with Crippen LogP contribution < -0.4 is 5.32 Å². The van der Waals surface area contributed by atoms with Gasteiger partial charge in [-0.25, -0.2) is 0 Å². The number of rotatable bonds is 7. The lowest BCUT2D eigenvalue weighted by Crippen LogP contribution is -2.23. The Labute approximate surface area is 75.7 Å². The van der Waals surface area contributed by atoms with Crippen LogP contribution >= 0.6 is 0 Å². The second kappa shape index (κ2) is 8.57. The summed E-state index contributed by atoms with van der Waals surface area (Å²) in [4.78, 5) is 11.1. The quantitative estimate of drug-likeness (QED) is 0.584. The van der Waals surface area contributed by atoms with Gasteiger partial charge in [0.25, 0.3) is 0 Å². The van der Waals surface area contributed by atoms with Crippen molar-refractivity contribution in [2.75, 3.05) is 6.54 Å². The van der Waals surface area contributed by atoms with E-state index in [0.717, 1.165) is 32.2 Å². The molecule has 1 radical (unpaired) electrons. The van der Waals surface area contributed by atoms with Crippen LogP contribution in [0.4, 0.5) is 0 Å². The largest absolute Gasteiger partial charge is 0.356 e. The molecular formula is C10H20NO. The molecule has 2 nitrogen and oxygen atoms in total. The van der Waals surface area contributed by atoms with Crippen LogP contribution in [0.2, 0.25) is 0 Å². The molecule has 1 N–H and O–H groups in total. The fourth-order valence-corrected chi connectivity index (χ4v) is 0.977. The van der Waals surface area contributed by atoms with Crippen LogP contribution in [0.1, 0.15) is 45.4 Å². The van der Waals surface area contributed by atoms with Gasteiger partial charge in [-0.05, 0) is 12.8 Å². The lowest BCUT2D eigenvalue weighted by molar-refractivity contribution is -0.121. The molecule has 0 heterocycles. The summed E-state index contributed by atoms with van der Waals surface area (Å²) >= 11 is 0. The lowest BCUT2D eigenvalue weighted by Gasteiger charge is -2.02. The maximum absolute atomic E-state index is 11.1. The second-order valence-corrected chi connectivity index (χ2v) is 3.01. The molecule has 0 spiro atoms. The van der Waals surface area contributed by atoms with Crippen molar-refractivity contribution < 1.29 is 4.79 Å². The first-order valence-electron chi connectivity index (χ1n) is 4.87. The Kier molecular flexibility index (Phi) is 8.19. The van der Waals surface area contributed by atoms with Crippen molar-refractivity contribution in [1.29, 1.82) is 0 Å². The fourth-order valence-electron chi connectivity index (χ4n) is 0.977. The molecular weight excluding hydrogens is 150 g/mol. The third-order valence-corrected chi connectivity index (χ3v) is 1.76. The van der Waals surface area contributed by atoms with Crippen molar-refractivity contribution >= 4 is 5.91 Å². The Hall–Kier alpha value is -0.530. The lowest BCUT2D eigenvalue weighted by atomic mass is 10.2. The molecule has 0 aromatic heterocycles. The average molecular weight is 170 g/mol. The zero-order valence-corrected chi connectivity index (χ0v) is 8.07. The van der Waals surface area contributed by atoms with Gasteiger partial charge in [-0.15, -0.1) is 0 Å². The molecule has 0 fully saturated rings. The number of amides is 1. The summed E-state index contributed by atoms with van der Waals surface area (Å²) in [7, 11) is 0. The van der Waals surface area contributed by atoms with E-state index in [4.69, 9.17) is 0 Å². The molecule has 0 unspecified atom stereocenters. The number of unbranched alkanes of at least 4 members (excludes halogenated alkanes) is 3. The topological polar surface area (TPSA) is 29.1 Å². The van der Waals surface area contributed by atoms with Crippen LogP contribution in [0.5, 0.6) is 0 Å². The van der Waals surface area contributed by atoms with Crippen molar-refractivity contribution in [3.05, 3.63) is 6.92 Å².